The summed E-state index contributed by atoms with van der Waals surface area (Å²) in [6.45, 7) is 5.29. The first kappa shape index (κ1) is 23.3. The van der Waals surface area contributed by atoms with Crippen molar-refractivity contribution >= 4 is 35.2 Å². The first-order valence-electron chi connectivity index (χ1n) is 9.85. The van der Waals surface area contributed by atoms with E-state index < -0.39 is 17.4 Å². The number of methoxy groups -OCH3 is 1. The van der Waals surface area contributed by atoms with Crippen LogP contribution >= 0.6 is 11.6 Å². The number of carboxylic acids is 1. The minimum absolute atomic E-state index is 0.104. The lowest BCUT2D eigenvalue weighted by atomic mass is 9.98. The summed E-state index contributed by atoms with van der Waals surface area (Å²) in [5, 5.41) is 13.3. The summed E-state index contributed by atoms with van der Waals surface area (Å²) in [5.41, 5.74) is -0.206. The molecule has 1 heterocycles. The zero-order valence-electron chi connectivity index (χ0n) is 18.3. The van der Waals surface area contributed by atoms with Crippen molar-refractivity contribution in [3.63, 3.8) is 0 Å². The molecule has 1 unspecified atom stereocenters. The Kier molecular flexibility index (Phi) is 6.57. The SMILES string of the molecule is COC1=NC(NC(=O)COc2cccc(Cl)c2)=C(C(=O)O)[N+]1(c1ccccc1)C(C)(C)C. The minimum atomic E-state index is -1.23. The van der Waals surface area contributed by atoms with E-state index >= 15 is 0 Å². The van der Waals surface area contributed by atoms with E-state index in [1.807, 2.05) is 39.0 Å². The normalized spacial score (nSPS) is 18.2. The van der Waals surface area contributed by atoms with Crippen LogP contribution in [0.2, 0.25) is 5.02 Å². The van der Waals surface area contributed by atoms with Crippen LogP contribution in [0.4, 0.5) is 5.69 Å². The number of para-hydroxylation sites is 1. The molecule has 1 aliphatic heterocycles. The van der Waals surface area contributed by atoms with Crippen LogP contribution in [0.3, 0.4) is 0 Å². The lowest BCUT2D eigenvalue weighted by Crippen LogP contribution is -2.65. The number of ether oxygens (including phenoxy) is 2. The maximum Gasteiger partial charge on any atom is 0.412 e. The zero-order chi connectivity index (χ0) is 23.5. The maximum atomic E-state index is 12.6. The molecule has 9 heteroatoms. The van der Waals surface area contributed by atoms with Crippen LogP contribution < -0.4 is 14.5 Å². The van der Waals surface area contributed by atoms with Crippen molar-refractivity contribution in [3.8, 4) is 5.75 Å². The molecule has 3 rings (SSSR count). The fraction of sp³-hybridized carbons (Fsp3) is 0.261. The lowest BCUT2D eigenvalue weighted by Gasteiger charge is -2.43. The van der Waals surface area contributed by atoms with Gasteiger partial charge in [-0.3, -0.25) is 4.79 Å². The predicted octanol–water partition coefficient (Wildman–Crippen LogP) is 3.91. The second kappa shape index (κ2) is 9.02. The van der Waals surface area contributed by atoms with Gasteiger partial charge in [-0.2, -0.15) is 4.48 Å². The Bertz CT molecular complexity index is 1090. The smallest absolute Gasteiger partial charge is 0.412 e. The number of amides is 1. The number of aliphatic imine (C=N–C) groups is 1. The quantitative estimate of drug-likeness (QED) is 0.639. The van der Waals surface area contributed by atoms with Crippen LogP contribution in [0.5, 0.6) is 5.75 Å². The van der Waals surface area contributed by atoms with Crippen LogP contribution in [-0.4, -0.2) is 42.3 Å². The summed E-state index contributed by atoms with van der Waals surface area (Å²) >= 11 is 5.93. The van der Waals surface area contributed by atoms with Crippen LogP contribution in [0.1, 0.15) is 20.8 Å². The van der Waals surface area contributed by atoms with Gasteiger partial charge in [0.05, 0.1) is 7.11 Å². The van der Waals surface area contributed by atoms with E-state index in [9.17, 15) is 14.7 Å². The van der Waals surface area contributed by atoms with Crippen LogP contribution in [-0.2, 0) is 14.3 Å². The molecule has 168 valence electrons. The topological polar surface area (TPSA) is 97.2 Å². The Balaban J connectivity index is 2.01. The second-order valence-electron chi connectivity index (χ2n) is 8.07. The first-order valence-corrected chi connectivity index (χ1v) is 10.2. The summed E-state index contributed by atoms with van der Waals surface area (Å²) < 4.78 is 10.7. The third kappa shape index (κ3) is 4.19. The highest BCUT2D eigenvalue weighted by Crippen LogP contribution is 2.43. The van der Waals surface area contributed by atoms with Gasteiger partial charge in [0, 0.05) is 17.2 Å². The van der Waals surface area contributed by atoms with E-state index in [1.165, 1.54) is 7.11 Å². The van der Waals surface area contributed by atoms with Crippen LogP contribution in [0.15, 0.2) is 71.1 Å². The van der Waals surface area contributed by atoms with E-state index in [-0.39, 0.29) is 28.6 Å². The molecule has 0 aliphatic carbocycles. The van der Waals surface area contributed by atoms with Crippen molar-refractivity contribution < 1.29 is 24.2 Å². The summed E-state index contributed by atoms with van der Waals surface area (Å²) in [7, 11) is 1.42. The van der Waals surface area contributed by atoms with Crippen molar-refractivity contribution in [1.82, 2.24) is 9.80 Å². The highest BCUT2D eigenvalue weighted by molar-refractivity contribution is 6.30. The van der Waals surface area contributed by atoms with Gasteiger partial charge in [-0.15, -0.1) is 4.99 Å². The molecular weight excluding hydrogens is 434 g/mol. The molecule has 0 aromatic heterocycles. The van der Waals surface area contributed by atoms with Gasteiger partial charge in [0.25, 0.3) is 11.6 Å². The molecule has 0 radical (unpaired) electrons. The first-order chi connectivity index (χ1) is 15.1. The molecule has 32 heavy (non-hydrogen) atoms. The Morgan fingerprint density at radius 3 is 2.38 bits per heavy atom. The average Bonchev–Trinajstić information content (AvgIpc) is 3.08. The monoisotopic (exact) mass is 458 g/mol. The van der Waals surface area contributed by atoms with Gasteiger partial charge in [-0.25, -0.2) is 4.79 Å². The number of halogens is 1. The van der Waals surface area contributed by atoms with Gasteiger partial charge >= 0.3 is 12.0 Å². The third-order valence-corrected chi connectivity index (χ3v) is 5.25. The van der Waals surface area contributed by atoms with Crippen LogP contribution in [0.25, 0.3) is 0 Å². The zero-order valence-corrected chi connectivity index (χ0v) is 19.0. The molecule has 2 aromatic carbocycles. The highest BCUT2D eigenvalue weighted by Gasteiger charge is 2.60. The number of carbonyl (C=O) groups excluding carboxylic acids is 1. The Hall–Kier alpha value is -3.36. The van der Waals surface area contributed by atoms with Crippen molar-refractivity contribution in [1.29, 1.82) is 0 Å². The number of hydrogen-bond donors (Lipinski definition) is 2. The number of hydrogen-bond acceptors (Lipinski definition) is 5. The standard InChI is InChI=1S/C23H24ClN3O5/c1-23(2,3)27(16-10-6-5-7-11-16)19(21(29)30)20(26-22(27)31-4)25-18(28)14-32-17-12-8-9-15(24)13-17/h5-13H,14H2,1-4H3,(H-,25,28,29,30)/p+1. The van der Waals surface area contributed by atoms with Gasteiger partial charge in [0.2, 0.25) is 5.82 Å². The molecule has 1 aliphatic rings. The molecule has 0 saturated heterocycles. The molecule has 2 aromatic rings. The van der Waals surface area contributed by atoms with Gasteiger partial charge in [0.1, 0.15) is 17.0 Å². The number of quaternary nitrogens is 1. The van der Waals surface area contributed by atoms with Crippen molar-refractivity contribution in [2.75, 3.05) is 13.7 Å². The third-order valence-electron chi connectivity index (χ3n) is 5.01. The van der Waals surface area contributed by atoms with E-state index in [1.54, 1.807) is 36.4 Å². The Morgan fingerprint density at radius 2 is 1.81 bits per heavy atom. The van der Waals surface area contributed by atoms with Crippen molar-refractivity contribution in [2.45, 2.75) is 26.3 Å². The fourth-order valence-electron chi connectivity index (χ4n) is 3.77. The minimum Gasteiger partial charge on any atom is -0.484 e. The fourth-order valence-corrected chi connectivity index (χ4v) is 3.95. The second-order valence-corrected chi connectivity index (χ2v) is 8.51. The number of rotatable bonds is 6. The van der Waals surface area contributed by atoms with Gasteiger partial charge in [0.15, 0.2) is 6.61 Å². The van der Waals surface area contributed by atoms with E-state index in [0.29, 0.717) is 16.5 Å². The van der Waals surface area contributed by atoms with Crippen molar-refractivity contribution in [3.05, 3.63) is 71.1 Å². The van der Waals surface area contributed by atoms with Gasteiger partial charge in [-0.05, 0) is 39.0 Å². The van der Waals surface area contributed by atoms with Gasteiger partial charge < -0.3 is 19.9 Å². The lowest BCUT2D eigenvalue weighted by molar-refractivity contribution is -0.134. The number of amidine groups is 1. The van der Waals surface area contributed by atoms with Crippen LogP contribution in [0, 0.1) is 0 Å². The molecule has 2 N–H and O–H groups in total. The van der Waals surface area contributed by atoms with E-state index in [4.69, 9.17) is 21.1 Å². The summed E-state index contributed by atoms with van der Waals surface area (Å²) in [6.07, 6.45) is 0. The number of carboxylic acid groups (broad SMARTS) is 1. The molecular formula is C23H25ClN3O5+. The molecule has 0 bridgehead atoms. The average molecular weight is 459 g/mol. The van der Waals surface area contributed by atoms with E-state index in [0.717, 1.165) is 0 Å². The predicted molar refractivity (Wildman–Crippen MR) is 122 cm³/mol. The molecule has 8 nitrogen and oxygen atoms in total. The largest absolute Gasteiger partial charge is 0.484 e. The number of aliphatic carboxylic acids is 1. The molecule has 0 saturated carbocycles. The summed E-state index contributed by atoms with van der Waals surface area (Å²) in [6, 6.07) is 15.8. The number of nitrogens with zero attached hydrogens (tertiary/aromatic N) is 2. The highest BCUT2D eigenvalue weighted by atomic mass is 35.5. The molecule has 0 fully saturated rings. The number of carbonyl (C=O) groups is 2. The summed E-state index contributed by atoms with van der Waals surface area (Å²) in [5.74, 6) is -1.49. The van der Waals surface area contributed by atoms with E-state index in [2.05, 4.69) is 10.3 Å². The molecule has 1 atom stereocenters. The van der Waals surface area contributed by atoms with Gasteiger partial charge in [-0.1, -0.05) is 35.9 Å². The maximum absolute atomic E-state index is 12.6. The molecule has 1 amide bonds. The number of benzene rings is 2. The Labute approximate surface area is 191 Å². The Morgan fingerprint density at radius 1 is 1.12 bits per heavy atom. The molecule has 0 spiro atoms. The number of nitrogens with one attached hydrogen (secondary N) is 1. The summed E-state index contributed by atoms with van der Waals surface area (Å²) in [4.78, 5) is 29.5. The van der Waals surface area contributed by atoms with Crippen molar-refractivity contribution in [2.24, 2.45) is 4.99 Å².